The Morgan fingerprint density at radius 3 is 2.57 bits per heavy atom. The van der Waals surface area contributed by atoms with Crippen LogP contribution >= 0.6 is 0 Å². The van der Waals surface area contributed by atoms with Crippen molar-refractivity contribution in [2.24, 2.45) is 0 Å². The molecule has 164 valence electrons. The molecule has 2 aromatic rings. The average Bonchev–Trinajstić information content (AvgIpc) is 3.33. The number of aromatic nitrogens is 2. The van der Waals surface area contributed by atoms with Crippen molar-refractivity contribution in [3.05, 3.63) is 41.8 Å². The normalized spacial score (nSPS) is 25.2. The zero-order valence-corrected chi connectivity index (χ0v) is 17.0. The summed E-state index contributed by atoms with van der Waals surface area (Å²) in [5, 5.41) is 7.26. The fourth-order valence-corrected chi connectivity index (χ4v) is 5.83. The Morgan fingerprint density at radius 2 is 1.93 bits per heavy atom. The SMILES string of the molecule is CC[C@@H]1C[C@@H](C(F)(F)F)n2nc([C@H]3CCCN3S(=O)(=O)c3ccc(F)cc3)cc2N1. The second kappa shape index (κ2) is 7.52. The molecule has 3 heterocycles. The molecule has 0 unspecified atom stereocenters. The summed E-state index contributed by atoms with van der Waals surface area (Å²) in [7, 11) is -3.94. The molecule has 0 radical (unpaired) electrons. The minimum atomic E-state index is -4.46. The molecular weight excluding hydrogens is 424 g/mol. The first kappa shape index (κ1) is 21.1. The third kappa shape index (κ3) is 3.68. The largest absolute Gasteiger partial charge is 0.410 e. The maximum Gasteiger partial charge on any atom is 0.410 e. The number of benzene rings is 1. The molecule has 0 saturated carbocycles. The van der Waals surface area contributed by atoms with Gasteiger partial charge in [0.25, 0.3) is 0 Å². The van der Waals surface area contributed by atoms with Crippen molar-refractivity contribution >= 4 is 15.8 Å². The molecule has 0 bridgehead atoms. The molecule has 1 aromatic heterocycles. The Labute approximate surface area is 171 Å². The zero-order valence-electron chi connectivity index (χ0n) is 16.2. The lowest BCUT2D eigenvalue weighted by Crippen LogP contribution is -2.39. The third-order valence-corrected chi connectivity index (χ3v) is 7.67. The van der Waals surface area contributed by atoms with Crippen LogP contribution in [0.15, 0.2) is 35.2 Å². The minimum absolute atomic E-state index is 0.0582. The van der Waals surface area contributed by atoms with E-state index in [0.29, 0.717) is 19.3 Å². The molecule has 2 aliphatic heterocycles. The fourth-order valence-electron chi connectivity index (χ4n) is 4.17. The first-order chi connectivity index (χ1) is 14.1. The quantitative estimate of drug-likeness (QED) is 0.714. The number of hydrogen-bond acceptors (Lipinski definition) is 4. The summed E-state index contributed by atoms with van der Waals surface area (Å²) >= 11 is 0. The predicted octanol–water partition coefficient (Wildman–Crippen LogP) is 4.25. The van der Waals surface area contributed by atoms with E-state index in [1.165, 1.54) is 22.5 Å². The smallest absolute Gasteiger partial charge is 0.367 e. The van der Waals surface area contributed by atoms with E-state index in [0.717, 1.165) is 16.8 Å². The van der Waals surface area contributed by atoms with Gasteiger partial charge in [-0.15, -0.1) is 0 Å². The highest BCUT2D eigenvalue weighted by atomic mass is 32.2. The van der Waals surface area contributed by atoms with Gasteiger partial charge in [0.2, 0.25) is 10.0 Å². The van der Waals surface area contributed by atoms with Gasteiger partial charge in [-0.05, 0) is 49.9 Å². The molecule has 30 heavy (non-hydrogen) atoms. The molecule has 0 aliphatic carbocycles. The third-order valence-electron chi connectivity index (χ3n) is 5.75. The van der Waals surface area contributed by atoms with Gasteiger partial charge in [-0.1, -0.05) is 6.92 Å². The van der Waals surface area contributed by atoms with E-state index in [-0.39, 0.29) is 35.4 Å². The average molecular weight is 446 g/mol. The van der Waals surface area contributed by atoms with Gasteiger partial charge < -0.3 is 5.32 Å². The Kier molecular flexibility index (Phi) is 5.29. The number of fused-ring (bicyclic) bond motifs is 1. The number of nitrogens with zero attached hydrogens (tertiary/aromatic N) is 3. The summed E-state index contributed by atoms with van der Waals surface area (Å²) in [6.45, 7) is 2.03. The number of halogens is 4. The van der Waals surface area contributed by atoms with Crippen LogP contribution < -0.4 is 5.32 Å². The van der Waals surface area contributed by atoms with Crippen LogP contribution in [0.5, 0.6) is 0 Å². The van der Waals surface area contributed by atoms with Crippen molar-refractivity contribution in [3.8, 4) is 0 Å². The predicted molar refractivity (Wildman–Crippen MR) is 102 cm³/mol. The van der Waals surface area contributed by atoms with Gasteiger partial charge in [0, 0.05) is 18.7 Å². The monoisotopic (exact) mass is 446 g/mol. The lowest BCUT2D eigenvalue weighted by molar-refractivity contribution is -0.173. The van der Waals surface area contributed by atoms with Gasteiger partial charge >= 0.3 is 6.18 Å². The molecule has 1 fully saturated rings. The van der Waals surface area contributed by atoms with E-state index in [1.54, 1.807) is 0 Å². The number of sulfonamides is 1. The fraction of sp³-hybridized carbons (Fsp3) is 0.526. The van der Waals surface area contributed by atoms with Gasteiger partial charge in [-0.3, -0.25) is 0 Å². The van der Waals surface area contributed by atoms with Crippen LogP contribution in [0.3, 0.4) is 0 Å². The van der Waals surface area contributed by atoms with E-state index < -0.39 is 34.1 Å². The lowest BCUT2D eigenvalue weighted by atomic mass is 10.0. The van der Waals surface area contributed by atoms with Crippen LogP contribution in [-0.2, 0) is 10.0 Å². The number of anilines is 1. The maximum atomic E-state index is 13.6. The summed E-state index contributed by atoms with van der Waals surface area (Å²) in [5.41, 5.74) is 0.284. The first-order valence-corrected chi connectivity index (χ1v) is 11.3. The van der Waals surface area contributed by atoms with Crippen molar-refractivity contribution in [3.63, 3.8) is 0 Å². The summed E-state index contributed by atoms with van der Waals surface area (Å²) < 4.78 is 82.3. The summed E-state index contributed by atoms with van der Waals surface area (Å²) in [4.78, 5) is -0.0582. The van der Waals surface area contributed by atoms with Gasteiger partial charge in [0.05, 0.1) is 16.6 Å². The van der Waals surface area contributed by atoms with Crippen LogP contribution in [0.2, 0.25) is 0 Å². The second-order valence-electron chi connectivity index (χ2n) is 7.67. The van der Waals surface area contributed by atoms with E-state index in [9.17, 15) is 26.0 Å². The topological polar surface area (TPSA) is 67.2 Å². The van der Waals surface area contributed by atoms with Crippen molar-refractivity contribution in [1.82, 2.24) is 14.1 Å². The van der Waals surface area contributed by atoms with Crippen LogP contribution in [0.4, 0.5) is 23.4 Å². The number of hydrogen-bond donors (Lipinski definition) is 1. The highest BCUT2D eigenvalue weighted by Crippen LogP contribution is 2.43. The number of nitrogens with one attached hydrogen (secondary N) is 1. The summed E-state index contributed by atoms with van der Waals surface area (Å²) in [6, 6.07) is 3.26. The Bertz CT molecular complexity index is 1020. The molecule has 1 N–H and O–H groups in total. The highest BCUT2D eigenvalue weighted by Gasteiger charge is 2.47. The van der Waals surface area contributed by atoms with Crippen molar-refractivity contribution in [2.75, 3.05) is 11.9 Å². The molecule has 3 atom stereocenters. The van der Waals surface area contributed by atoms with Crippen LogP contribution in [0, 0.1) is 5.82 Å². The molecule has 11 heteroatoms. The van der Waals surface area contributed by atoms with Crippen LogP contribution in [-0.4, -0.2) is 41.3 Å². The van der Waals surface area contributed by atoms with Gasteiger partial charge in [0.15, 0.2) is 6.04 Å². The van der Waals surface area contributed by atoms with E-state index in [4.69, 9.17) is 0 Å². The van der Waals surface area contributed by atoms with Crippen molar-refractivity contribution in [1.29, 1.82) is 0 Å². The van der Waals surface area contributed by atoms with Crippen molar-refractivity contribution in [2.45, 2.75) is 61.8 Å². The zero-order chi connectivity index (χ0) is 21.7. The molecular formula is C19H22F4N4O2S. The molecule has 0 amide bonds. The van der Waals surface area contributed by atoms with Gasteiger partial charge in [-0.2, -0.15) is 22.6 Å². The van der Waals surface area contributed by atoms with E-state index in [1.807, 2.05) is 6.92 Å². The Hall–Kier alpha value is -2.14. The van der Waals surface area contributed by atoms with Crippen molar-refractivity contribution < 1.29 is 26.0 Å². The highest BCUT2D eigenvalue weighted by molar-refractivity contribution is 7.89. The number of rotatable bonds is 4. The van der Waals surface area contributed by atoms with Gasteiger partial charge in [-0.25, -0.2) is 17.5 Å². The summed E-state index contributed by atoms with van der Waals surface area (Å²) in [5.74, 6) is -0.306. The Morgan fingerprint density at radius 1 is 1.23 bits per heavy atom. The maximum absolute atomic E-state index is 13.6. The van der Waals surface area contributed by atoms with Crippen LogP contribution in [0.1, 0.15) is 50.4 Å². The summed E-state index contributed by atoms with van der Waals surface area (Å²) in [6.07, 6.45) is -3.05. The molecule has 1 saturated heterocycles. The van der Waals surface area contributed by atoms with Crippen LogP contribution in [0.25, 0.3) is 0 Å². The Balaban J connectivity index is 1.69. The molecule has 2 aliphatic rings. The first-order valence-electron chi connectivity index (χ1n) is 9.81. The lowest BCUT2D eigenvalue weighted by Gasteiger charge is -2.32. The minimum Gasteiger partial charge on any atom is -0.367 e. The molecule has 6 nitrogen and oxygen atoms in total. The van der Waals surface area contributed by atoms with E-state index in [2.05, 4.69) is 10.4 Å². The molecule has 4 rings (SSSR count). The molecule has 0 spiro atoms. The second-order valence-corrected chi connectivity index (χ2v) is 9.56. The standard InChI is InChI=1S/C19H22F4N4O2S/c1-2-13-10-17(19(21,22)23)27-18(24-13)11-15(25-27)16-4-3-9-26(16)30(28,29)14-7-5-12(20)6-8-14/h5-8,11,13,16-17,24H,2-4,9-10H2,1H3/t13-,16-,17+/m1/s1. The number of alkyl halides is 3. The van der Waals surface area contributed by atoms with Gasteiger partial charge in [0.1, 0.15) is 11.6 Å². The van der Waals surface area contributed by atoms with E-state index >= 15 is 0 Å². The molecule has 1 aromatic carbocycles.